The Bertz CT molecular complexity index is 921. The molecule has 3 rings (SSSR count). The van der Waals surface area contributed by atoms with Crippen molar-refractivity contribution in [2.75, 3.05) is 5.43 Å². The highest BCUT2D eigenvalue weighted by Gasteiger charge is 2.25. The molecule has 0 saturated heterocycles. The number of nitrogens with one attached hydrogen (secondary N) is 2. The van der Waals surface area contributed by atoms with Crippen molar-refractivity contribution in [3.8, 4) is 11.6 Å². The molecule has 1 aromatic carbocycles. The topological polar surface area (TPSA) is 132 Å². The number of hydrazine groups is 1. The number of carbonyl (C=O) groups is 1. The normalized spacial score (nSPS) is 10.0. The van der Waals surface area contributed by atoms with E-state index in [2.05, 4.69) is 25.8 Å². The van der Waals surface area contributed by atoms with Crippen molar-refractivity contribution < 1.29 is 14.5 Å². The molecule has 26 heavy (non-hydrogen) atoms. The molecular weight excluding hydrogens is 340 g/mol. The van der Waals surface area contributed by atoms with E-state index in [0.717, 1.165) is 6.33 Å². The number of hydrogen-bond acceptors (Lipinski definition) is 8. The number of rotatable bonds is 6. The summed E-state index contributed by atoms with van der Waals surface area (Å²) in [4.78, 5) is 34.2. The highest BCUT2D eigenvalue weighted by Crippen LogP contribution is 2.33. The van der Waals surface area contributed by atoms with E-state index in [4.69, 9.17) is 4.74 Å². The first-order valence-corrected chi connectivity index (χ1v) is 7.35. The minimum absolute atomic E-state index is 0.137. The van der Waals surface area contributed by atoms with Crippen molar-refractivity contribution in [3.05, 3.63) is 76.9 Å². The molecule has 1 amide bonds. The number of ether oxygens (including phenoxy) is 1. The average Bonchev–Trinajstić information content (AvgIpc) is 2.67. The Morgan fingerprint density at radius 3 is 2.50 bits per heavy atom. The molecule has 0 bridgehead atoms. The van der Waals surface area contributed by atoms with Crippen LogP contribution in [-0.2, 0) is 0 Å². The summed E-state index contributed by atoms with van der Waals surface area (Å²) in [6.07, 6.45) is 2.54. The monoisotopic (exact) mass is 352 g/mol. The second-order valence-electron chi connectivity index (χ2n) is 4.84. The predicted octanol–water partition coefficient (Wildman–Crippen LogP) is 2.33. The van der Waals surface area contributed by atoms with Crippen LogP contribution in [0.25, 0.3) is 0 Å². The quantitative estimate of drug-likeness (QED) is 0.510. The van der Waals surface area contributed by atoms with Gasteiger partial charge in [-0.05, 0) is 24.3 Å². The minimum atomic E-state index is -0.701. The molecule has 10 heteroatoms. The molecule has 0 aliphatic rings. The van der Waals surface area contributed by atoms with Gasteiger partial charge in [0.2, 0.25) is 5.82 Å². The lowest BCUT2D eigenvalue weighted by atomic mass is 10.3. The number of aromatic nitrogens is 3. The van der Waals surface area contributed by atoms with Gasteiger partial charge in [-0.25, -0.2) is 4.98 Å². The van der Waals surface area contributed by atoms with Gasteiger partial charge in [0, 0.05) is 6.20 Å². The van der Waals surface area contributed by atoms with E-state index in [-0.39, 0.29) is 17.4 Å². The van der Waals surface area contributed by atoms with Gasteiger partial charge in [0.1, 0.15) is 17.8 Å². The van der Waals surface area contributed by atoms with Crippen LogP contribution in [-0.4, -0.2) is 25.8 Å². The van der Waals surface area contributed by atoms with Gasteiger partial charge >= 0.3 is 11.6 Å². The van der Waals surface area contributed by atoms with Crippen LogP contribution in [0.15, 0.2) is 61.1 Å². The first kappa shape index (κ1) is 16.8. The van der Waals surface area contributed by atoms with Gasteiger partial charge in [0.25, 0.3) is 5.91 Å². The standard InChI is InChI=1S/C16H12N6O4/c23-15(12-8-4-5-9-17-12)21-20-14-13(22(24)25)16(19-10-18-14)26-11-6-2-1-3-7-11/h1-10H,(H,21,23)(H,18,19,20). The lowest BCUT2D eigenvalue weighted by Crippen LogP contribution is -2.30. The average molecular weight is 352 g/mol. The third-order valence-corrected chi connectivity index (χ3v) is 3.12. The molecule has 2 N–H and O–H groups in total. The van der Waals surface area contributed by atoms with Crippen LogP contribution in [0.1, 0.15) is 10.5 Å². The van der Waals surface area contributed by atoms with Gasteiger partial charge < -0.3 is 4.74 Å². The fraction of sp³-hybridized carbons (Fsp3) is 0. The molecule has 0 unspecified atom stereocenters. The summed E-state index contributed by atoms with van der Waals surface area (Å²) >= 11 is 0. The summed E-state index contributed by atoms with van der Waals surface area (Å²) in [6.45, 7) is 0. The Balaban J connectivity index is 1.82. The third kappa shape index (κ3) is 3.87. The number of anilines is 1. The summed E-state index contributed by atoms with van der Waals surface area (Å²) in [7, 11) is 0. The summed E-state index contributed by atoms with van der Waals surface area (Å²) < 4.78 is 5.45. The lowest BCUT2D eigenvalue weighted by molar-refractivity contribution is -0.385. The van der Waals surface area contributed by atoms with Crippen LogP contribution < -0.4 is 15.6 Å². The van der Waals surface area contributed by atoms with Crippen molar-refractivity contribution in [3.63, 3.8) is 0 Å². The Hall–Kier alpha value is -4.08. The molecule has 2 aromatic heterocycles. The highest BCUT2D eigenvalue weighted by molar-refractivity contribution is 5.93. The Labute approximate surface area is 147 Å². The van der Waals surface area contributed by atoms with Crippen molar-refractivity contribution >= 4 is 17.4 Å². The van der Waals surface area contributed by atoms with E-state index in [9.17, 15) is 14.9 Å². The smallest absolute Gasteiger partial charge is 0.374 e. The molecule has 3 aromatic rings. The van der Waals surface area contributed by atoms with E-state index in [1.165, 1.54) is 12.3 Å². The van der Waals surface area contributed by atoms with Crippen LogP contribution in [0.3, 0.4) is 0 Å². The summed E-state index contributed by atoms with van der Waals surface area (Å²) in [5, 5.41) is 11.4. The number of nitro groups is 1. The van der Waals surface area contributed by atoms with Crippen molar-refractivity contribution in [1.29, 1.82) is 0 Å². The van der Waals surface area contributed by atoms with Crippen LogP contribution in [0.5, 0.6) is 11.6 Å². The van der Waals surface area contributed by atoms with Crippen molar-refractivity contribution in [2.24, 2.45) is 0 Å². The van der Waals surface area contributed by atoms with E-state index >= 15 is 0 Å². The van der Waals surface area contributed by atoms with Gasteiger partial charge in [-0.3, -0.25) is 30.7 Å². The first-order valence-electron chi connectivity index (χ1n) is 7.35. The molecule has 0 atom stereocenters. The Morgan fingerprint density at radius 1 is 1.04 bits per heavy atom. The van der Waals surface area contributed by atoms with Gasteiger partial charge in [0.05, 0.1) is 4.92 Å². The zero-order valence-corrected chi connectivity index (χ0v) is 13.2. The van der Waals surface area contributed by atoms with Crippen molar-refractivity contribution in [1.82, 2.24) is 20.4 Å². The predicted molar refractivity (Wildman–Crippen MR) is 90.5 cm³/mol. The Morgan fingerprint density at radius 2 is 1.81 bits per heavy atom. The maximum Gasteiger partial charge on any atom is 0.374 e. The number of benzene rings is 1. The van der Waals surface area contributed by atoms with E-state index < -0.39 is 16.5 Å². The molecule has 0 aliphatic heterocycles. The SMILES string of the molecule is O=C(NNc1ncnc(Oc2ccccc2)c1[N+](=O)[O-])c1ccccn1. The molecule has 2 heterocycles. The fourth-order valence-corrected chi connectivity index (χ4v) is 1.97. The second kappa shape index (κ2) is 7.66. The van der Waals surface area contributed by atoms with E-state index in [0.29, 0.717) is 5.75 Å². The largest absolute Gasteiger partial charge is 0.434 e. The van der Waals surface area contributed by atoms with E-state index in [1.807, 2.05) is 0 Å². The molecule has 0 radical (unpaired) electrons. The molecule has 0 aliphatic carbocycles. The van der Waals surface area contributed by atoms with E-state index in [1.54, 1.807) is 42.5 Å². The molecule has 0 fully saturated rings. The zero-order valence-electron chi connectivity index (χ0n) is 13.2. The summed E-state index contributed by atoms with van der Waals surface area (Å²) in [6, 6.07) is 13.3. The minimum Gasteiger partial charge on any atom is -0.434 e. The van der Waals surface area contributed by atoms with Gasteiger partial charge in [-0.15, -0.1) is 0 Å². The zero-order chi connectivity index (χ0) is 18.4. The highest BCUT2D eigenvalue weighted by atomic mass is 16.6. The number of para-hydroxylation sites is 1. The number of hydrogen-bond donors (Lipinski definition) is 2. The van der Waals surface area contributed by atoms with Gasteiger partial charge in [0.15, 0.2) is 0 Å². The first-order chi connectivity index (χ1) is 12.6. The van der Waals surface area contributed by atoms with Crippen LogP contribution in [0.4, 0.5) is 11.5 Å². The molecule has 0 saturated carbocycles. The fourth-order valence-electron chi connectivity index (χ4n) is 1.97. The van der Waals surface area contributed by atoms with Crippen molar-refractivity contribution in [2.45, 2.75) is 0 Å². The lowest BCUT2D eigenvalue weighted by Gasteiger charge is -2.10. The number of carbonyl (C=O) groups excluding carboxylic acids is 1. The molecule has 10 nitrogen and oxygen atoms in total. The van der Waals surface area contributed by atoms with Gasteiger partial charge in [-0.1, -0.05) is 24.3 Å². The van der Waals surface area contributed by atoms with Crippen LogP contribution in [0.2, 0.25) is 0 Å². The third-order valence-electron chi connectivity index (χ3n) is 3.12. The molecule has 0 spiro atoms. The number of amides is 1. The summed E-state index contributed by atoms with van der Waals surface area (Å²) in [5.74, 6) is -0.687. The number of pyridine rings is 1. The Kier molecular flexibility index (Phi) is 4.94. The summed E-state index contributed by atoms with van der Waals surface area (Å²) in [5.41, 5.74) is 4.33. The van der Waals surface area contributed by atoms with Crippen LogP contribution >= 0.6 is 0 Å². The second-order valence-corrected chi connectivity index (χ2v) is 4.84. The number of nitrogens with zero attached hydrogens (tertiary/aromatic N) is 4. The maximum atomic E-state index is 12.0. The molecule has 130 valence electrons. The van der Waals surface area contributed by atoms with Crippen LogP contribution in [0, 0.1) is 10.1 Å². The molecular formula is C16H12N6O4. The van der Waals surface area contributed by atoms with Gasteiger partial charge in [-0.2, -0.15) is 4.98 Å². The maximum absolute atomic E-state index is 12.0.